The fourth-order valence-corrected chi connectivity index (χ4v) is 3.21. The number of benzene rings is 4. The van der Waals surface area contributed by atoms with Gasteiger partial charge in [-0.25, -0.2) is 0 Å². The Morgan fingerprint density at radius 1 is 0.484 bits per heavy atom. The Morgan fingerprint density at radius 2 is 0.806 bits per heavy atom. The molecule has 2 nitrogen and oxygen atoms in total. The van der Waals surface area contributed by atoms with Gasteiger partial charge in [-0.3, -0.25) is 9.59 Å². The molecule has 0 amide bonds. The Labute approximate surface area is 184 Å². The monoisotopic (exact) mass is 406 g/mol. The van der Waals surface area contributed by atoms with Crippen LogP contribution in [0.5, 0.6) is 0 Å². The van der Waals surface area contributed by atoms with Gasteiger partial charge in [-0.15, -0.1) is 0 Å². The summed E-state index contributed by atoms with van der Waals surface area (Å²) in [6, 6.07) is 35.9. The van der Waals surface area contributed by atoms with Crippen LogP contribution in [0.25, 0.3) is 0 Å². The maximum atomic E-state index is 12.1. The summed E-state index contributed by atoms with van der Waals surface area (Å²) in [6.07, 6.45) is 2.20. The minimum Gasteiger partial charge on any atom is -0.289 e. The SMILES string of the molecule is CCCc1ccc(C(=O)c2ccccc2)cc1.O=C(c1ccccc1)c1ccccc1. The van der Waals surface area contributed by atoms with Gasteiger partial charge < -0.3 is 0 Å². The van der Waals surface area contributed by atoms with Gasteiger partial charge in [0.25, 0.3) is 0 Å². The fourth-order valence-electron chi connectivity index (χ4n) is 3.21. The predicted octanol–water partition coefficient (Wildman–Crippen LogP) is 6.79. The molecule has 0 radical (unpaired) electrons. The summed E-state index contributed by atoms with van der Waals surface area (Å²) < 4.78 is 0. The van der Waals surface area contributed by atoms with Crippen molar-refractivity contribution in [2.45, 2.75) is 19.8 Å². The molecule has 0 fully saturated rings. The van der Waals surface area contributed by atoms with E-state index in [0.717, 1.165) is 35.1 Å². The molecule has 0 aliphatic rings. The lowest BCUT2D eigenvalue weighted by molar-refractivity contribution is 0.103. The summed E-state index contributed by atoms with van der Waals surface area (Å²) >= 11 is 0. The summed E-state index contributed by atoms with van der Waals surface area (Å²) in [4.78, 5) is 24.0. The average molecular weight is 407 g/mol. The molecule has 0 atom stereocenters. The minimum absolute atomic E-state index is 0.0752. The highest BCUT2D eigenvalue weighted by Gasteiger charge is 2.08. The number of aryl methyl sites for hydroxylation is 1. The van der Waals surface area contributed by atoms with Gasteiger partial charge >= 0.3 is 0 Å². The van der Waals surface area contributed by atoms with Crippen molar-refractivity contribution in [3.63, 3.8) is 0 Å². The maximum absolute atomic E-state index is 12.1. The van der Waals surface area contributed by atoms with E-state index in [4.69, 9.17) is 0 Å². The van der Waals surface area contributed by atoms with Crippen molar-refractivity contribution in [2.24, 2.45) is 0 Å². The van der Waals surface area contributed by atoms with Crippen molar-refractivity contribution < 1.29 is 9.59 Å². The van der Waals surface area contributed by atoms with Gasteiger partial charge in [-0.2, -0.15) is 0 Å². The van der Waals surface area contributed by atoms with Gasteiger partial charge in [-0.05, 0) is 12.0 Å². The molecule has 154 valence electrons. The van der Waals surface area contributed by atoms with Gasteiger partial charge in [0.15, 0.2) is 11.6 Å². The highest BCUT2D eigenvalue weighted by molar-refractivity contribution is 6.09. The number of hydrogen-bond acceptors (Lipinski definition) is 2. The third-order valence-corrected chi connectivity index (χ3v) is 4.86. The van der Waals surface area contributed by atoms with Crippen LogP contribution in [0, 0.1) is 0 Å². The van der Waals surface area contributed by atoms with E-state index in [9.17, 15) is 9.59 Å². The molecule has 0 aliphatic carbocycles. The standard InChI is InChI=1S/C16H16O.C13H10O/c1-2-6-13-9-11-15(12-10-13)16(17)14-7-4-3-5-8-14;14-13(11-7-3-1-4-8-11)12-9-5-2-6-10-12/h3-5,7-12H,2,6H2,1H3;1-10H. The Kier molecular flexibility index (Phi) is 8.07. The molecular weight excluding hydrogens is 380 g/mol. The van der Waals surface area contributed by atoms with Crippen molar-refractivity contribution in [2.75, 3.05) is 0 Å². The van der Waals surface area contributed by atoms with E-state index in [0.29, 0.717) is 0 Å². The number of rotatable bonds is 6. The van der Waals surface area contributed by atoms with Gasteiger partial charge in [0, 0.05) is 22.3 Å². The number of carbonyl (C=O) groups excluding carboxylic acids is 2. The smallest absolute Gasteiger partial charge is 0.193 e. The van der Waals surface area contributed by atoms with E-state index in [1.807, 2.05) is 115 Å². The second-order valence-electron chi connectivity index (χ2n) is 7.20. The van der Waals surface area contributed by atoms with Gasteiger partial charge in [-0.1, -0.05) is 129 Å². The summed E-state index contributed by atoms with van der Waals surface area (Å²) in [6.45, 7) is 2.16. The summed E-state index contributed by atoms with van der Waals surface area (Å²) in [5.41, 5.74) is 4.27. The summed E-state index contributed by atoms with van der Waals surface area (Å²) in [5, 5.41) is 0. The molecule has 31 heavy (non-hydrogen) atoms. The number of hydrogen-bond donors (Lipinski definition) is 0. The molecule has 0 heterocycles. The van der Waals surface area contributed by atoms with Crippen LogP contribution in [-0.4, -0.2) is 11.6 Å². The molecular formula is C29H26O2. The van der Waals surface area contributed by atoms with Gasteiger partial charge in [0.1, 0.15) is 0 Å². The highest BCUT2D eigenvalue weighted by Crippen LogP contribution is 2.12. The van der Waals surface area contributed by atoms with Crippen LogP contribution in [0.2, 0.25) is 0 Å². The van der Waals surface area contributed by atoms with Gasteiger partial charge in [0.05, 0.1) is 0 Å². The van der Waals surface area contributed by atoms with E-state index >= 15 is 0 Å². The highest BCUT2D eigenvalue weighted by atomic mass is 16.1. The second-order valence-corrected chi connectivity index (χ2v) is 7.20. The molecule has 0 aromatic heterocycles. The summed E-state index contributed by atoms with van der Waals surface area (Å²) in [5.74, 6) is 0.167. The Morgan fingerprint density at radius 3 is 1.13 bits per heavy atom. The molecule has 0 aliphatic heterocycles. The zero-order valence-corrected chi connectivity index (χ0v) is 17.7. The number of carbonyl (C=O) groups is 2. The first-order chi connectivity index (χ1) is 15.2. The first kappa shape index (κ1) is 21.9. The summed E-state index contributed by atoms with van der Waals surface area (Å²) in [7, 11) is 0. The normalized spacial score (nSPS) is 9.97. The second kappa shape index (κ2) is 11.4. The fraction of sp³-hybridized carbons (Fsp3) is 0.103. The molecule has 0 saturated carbocycles. The third-order valence-electron chi connectivity index (χ3n) is 4.86. The van der Waals surface area contributed by atoms with Crippen LogP contribution in [0.4, 0.5) is 0 Å². The molecule has 0 N–H and O–H groups in total. The predicted molar refractivity (Wildman–Crippen MR) is 127 cm³/mol. The topological polar surface area (TPSA) is 34.1 Å². The molecule has 4 aromatic rings. The van der Waals surface area contributed by atoms with Crippen LogP contribution in [0.15, 0.2) is 115 Å². The Bertz CT molecular complexity index is 1040. The van der Waals surface area contributed by atoms with E-state index in [1.54, 1.807) is 0 Å². The van der Waals surface area contributed by atoms with E-state index in [-0.39, 0.29) is 11.6 Å². The Hall–Kier alpha value is -3.78. The van der Waals surface area contributed by atoms with Crippen molar-refractivity contribution in [3.05, 3.63) is 143 Å². The molecule has 0 saturated heterocycles. The molecule has 0 bridgehead atoms. The first-order valence-corrected chi connectivity index (χ1v) is 10.5. The van der Waals surface area contributed by atoms with Crippen molar-refractivity contribution in [1.82, 2.24) is 0 Å². The zero-order valence-electron chi connectivity index (χ0n) is 17.7. The van der Waals surface area contributed by atoms with Crippen LogP contribution in [0.3, 0.4) is 0 Å². The van der Waals surface area contributed by atoms with Crippen LogP contribution < -0.4 is 0 Å². The lowest BCUT2D eigenvalue weighted by Gasteiger charge is -2.03. The first-order valence-electron chi connectivity index (χ1n) is 10.5. The van der Waals surface area contributed by atoms with Crippen LogP contribution in [-0.2, 0) is 6.42 Å². The van der Waals surface area contributed by atoms with Crippen LogP contribution >= 0.6 is 0 Å². The lowest BCUT2D eigenvalue weighted by atomic mass is 10.0. The van der Waals surface area contributed by atoms with E-state index in [2.05, 4.69) is 6.92 Å². The quantitative estimate of drug-likeness (QED) is 0.330. The molecule has 4 aromatic carbocycles. The molecule has 4 rings (SSSR count). The van der Waals surface area contributed by atoms with Gasteiger partial charge in [0.2, 0.25) is 0 Å². The third kappa shape index (κ3) is 6.35. The van der Waals surface area contributed by atoms with Crippen molar-refractivity contribution in [3.8, 4) is 0 Å². The maximum Gasteiger partial charge on any atom is 0.193 e. The molecule has 0 unspecified atom stereocenters. The number of ketones is 2. The average Bonchev–Trinajstić information content (AvgIpc) is 2.86. The van der Waals surface area contributed by atoms with E-state index < -0.39 is 0 Å². The van der Waals surface area contributed by atoms with E-state index in [1.165, 1.54) is 5.56 Å². The Balaban J connectivity index is 0.000000179. The molecule has 2 heteroatoms. The largest absolute Gasteiger partial charge is 0.289 e. The van der Waals surface area contributed by atoms with Crippen molar-refractivity contribution >= 4 is 11.6 Å². The molecule has 0 spiro atoms. The lowest BCUT2D eigenvalue weighted by Crippen LogP contribution is -2.00. The zero-order chi connectivity index (χ0) is 21.9. The van der Waals surface area contributed by atoms with Crippen molar-refractivity contribution in [1.29, 1.82) is 0 Å². The van der Waals surface area contributed by atoms with Crippen LogP contribution in [0.1, 0.15) is 50.8 Å². The minimum atomic E-state index is 0.0752.